The third-order valence-electron chi connectivity index (χ3n) is 18.4. The fourth-order valence-corrected chi connectivity index (χ4v) is 13.2. The van der Waals surface area contributed by atoms with Gasteiger partial charge in [-0.3, -0.25) is 14.4 Å². The van der Waals surface area contributed by atoms with Crippen molar-refractivity contribution in [3.8, 4) is 80.5 Å². The minimum absolute atomic E-state index is 0. The number of benzene rings is 6. The Labute approximate surface area is 602 Å². The molecule has 0 aliphatic carbocycles. The predicted molar refractivity (Wildman–Crippen MR) is 339 cm³/mol. The van der Waals surface area contributed by atoms with Crippen LogP contribution in [0.2, 0.25) is 0 Å². The van der Waals surface area contributed by atoms with Crippen LogP contribution in [0.5, 0.6) is 80.5 Å². The van der Waals surface area contributed by atoms with Gasteiger partial charge in [0.05, 0.1) is 148 Å². The number of fused-ring (bicyclic) bond motifs is 5. The van der Waals surface area contributed by atoms with Crippen molar-refractivity contribution in [3.05, 3.63) is 128 Å². The smallest absolute Gasteiger partial charge is 0.231 e. The fraction of sp³-hybridized carbons (Fsp3) is 0.443. The molecule has 6 aromatic carbocycles. The van der Waals surface area contributed by atoms with Gasteiger partial charge in [-0.1, -0.05) is 0 Å². The zero-order valence-corrected chi connectivity index (χ0v) is 62.9. The minimum Gasteiger partial charge on any atom is -1.00 e. The van der Waals surface area contributed by atoms with Gasteiger partial charge in [-0.05, 0) is 108 Å². The summed E-state index contributed by atoms with van der Waals surface area (Å²) in [4.78, 5) is 40.0. The molecule has 21 nitrogen and oxygen atoms in total. The van der Waals surface area contributed by atoms with Crippen molar-refractivity contribution in [2.24, 2.45) is 0 Å². The van der Waals surface area contributed by atoms with Crippen molar-refractivity contribution in [1.82, 2.24) is 0 Å². The number of aryl methyl sites for hydroxylation is 2. The number of ketones is 3. The Morgan fingerprint density at radius 3 is 1.31 bits per heavy atom. The number of aromatic hydroxyl groups is 2. The van der Waals surface area contributed by atoms with Gasteiger partial charge in [-0.25, -0.2) is 0 Å². The quantitative estimate of drug-likeness (QED) is 0.0386. The summed E-state index contributed by atoms with van der Waals surface area (Å²) >= 11 is 0. The zero-order valence-electron chi connectivity index (χ0n) is 56.5. The first-order valence-corrected chi connectivity index (χ1v) is 30.2. The number of ether oxygens (including phenoxy) is 13. The van der Waals surface area contributed by atoms with Crippen molar-refractivity contribution in [2.75, 3.05) is 139 Å². The Kier molecular flexibility index (Phi) is 26.1. The van der Waals surface area contributed by atoms with E-state index in [2.05, 4.69) is 28.2 Å². The van der Waals surface area contributed by atoms with Gasteiger partial charge < -0.3 is 157 Å². The maximum Gasteiger partial charge on any atom is 0.231 e. The Morgan fingerprint density at radius 1 is 0.468 bits per heavy atom. The summed E-state index contributed by atoms with van der Waals surface area (Å²) in [6.45, 7) is 7.09. The number of hydrogen-bond donors (Lipinski definition) is 2. The van der Waals surface area contributed by atoms with Crippen LogP contribution in [0, 0.1) is 13.8 Å². The summed E-state index contributed by atoms with van der Waals surface area (Å²) in [5, 5.41) is 20.5. The molecule has 94 heavy (non-hydrogen) atoms. The highest BCUT2D eigenvalue weighted by Gasteiger charge is 2.45. The van der Waals surface area contributed by atoms with Gasteiger partial charge in [0.2, 0.25) is 36.6 Å². The number of methoxy groups -OCH3 is 8. The highest BCUT2D eigenvalue weighted by atomic mass is 127. The van der Waals surface area contributed by atoms with E-state index in [0.717, 1.165) is 82.9 Å². The molecule has 0 fully saturated rings. The standard InChI is InChI=1S/C24H30NO6.C23H29NO7.C23H28NO5.3HI/c1-15-10-16(6-7-20(15)29-13-27-4)19(26)12-18-22-17(8-9-25(18,2)3)11-21-23(24(22)28-5)31-14-30-21;1-24(2)8-7-13-9-17(26)21(27)23(31-6)20(13)15(24)12-16(25)14-10-18(28-3)22(30-5)19(11-14)29-4;1-14-8-16(10-17(9-14)26-4)19(25)12-18-21-15(6-7-24(18,2)3)11-20-22(23(21)27-5)29-13-28-20;;;/h6-7,10-11,18H,8-9,12-14H2,1-5H3;9-11,15H,7-8,12H2,1-6H3,(H-,26,27);8-11,18H,6-7,12-13H2,1-5H3;3*1H/q+1;;+1;;;/p-2. The molecule has 0 radical (unpaired) electrons. The lowest BCUT2D eigenvalue weighted by atomic mass is 9.85. The van der Waals surface area contributed by atoms with Gasteiger partial charge in [0.1, 0.15) is 29.6 Å². The Bertz CT molecular complexity index is 3720. The van der Waals surface area contributed by atoms with Crippen molar-refractivity contribution in [2.45, 2.75) is 70.5 Å². The second kappa shape index (κ2) is 32.1. The van der Waals surface area contributed by atoms with Crippen molar-refractivity contribution >= 4 is 17.3 Å². The molecule has 11 rings (SSSR count). The number of halogens is 3. The number of likely N-dealkylation sites (N-methyl/N-ethyl adjacent to an activating group) is 3. The van der Waals surface area contributed by atoms with E-state index in [0.29, 0.717) is 101 Å². The van der Waals surface area contributed by atoms with E-state index in [1.807, 2.05) is 76.5 Å². The minimum atomic E-state index is -0.312. The number of phenols is 2. The van der Waals surface area contributed by atoms with E-state index in [4.69, 9.17) is 61.6 Å². The first-order valence-electron chi connectivity index (χ1n) is 30.2. The highest BCUT2D eigenvalue weighted by molar-refractivity contribution is 5.99. The van der Waals surface area contributed by atoms with Crippen LogP contribution in [0.4, 0.5) is 0 Å². The SMILES string of the molecule is COCOc1ccc(C(=O)CC2c3c(cc4c(c3OC)OCO4)CC[N+]2(C)C)cc1C.COc1cc(C(=O)CC2c3c(cc(O)c(O)c3OC)CC[N+]2(C)C)cc(OC)c1OC.COc1cc(C)cc(C(=O)CC2c3c(cc4c(c3OC)OCO4)CC[N+]2(C)C)c1.[I-].[I-].[I-]. The van der Waals surface area contributed by atoms with Crippen LogP contribution in [-0.4, -0.2) is 180 Å². The molecule has 3 unspecified atom stereocenters. The maximum absolute atomic E-state index is 13.4. The van der Waals surface area contributed by atoms with Gasteiger partial charge in [-0.15, -0.1) is 0 Å². The molecule has 24 heteroatoms. The summed E-state index contributed by atoms with van der Waals surface area (Å²) in [6, 6.07) is 19.8. The number of carbonyl (C=O) groups is 3. The Balaban J connectivity index is 0.000000220. The normalized spacial score (nSPS) is 17.5. The molecule has 5 aliphatic rings. The summed E-state index contributed by atoms with van der Waals surface area (Å²) in [7, 11) is 25.2. The number of nitrogens with zero attached hydrogens (tertiary/aromatic N) is 3. The Hall–Kier alpha value is -6.44. The summed E-state index contributed by atoms with van der Waals surface area (Å²) < 4.78 is 73.5. The molecule has 5 aliphatic heterocycles. The molecule has 0 aromatic heterocycles. The van der Waals surface area contributed by atoms with Crippen LogP contribution in [0.25, 0.3) is 0 Å². The van der Waals surface area contributed by atoms with E-state index in [9.17, 15) is 24.6 Å². The number of rotatable bonds is 19. The first kappa shape index (κ1) is 76.6. The molecular formula is C70H88I3N3O18. The third-order valence-corrected chi connectivity index (χ3v) is 18.4. The second-order valence-corrected chi connectivity index (χ2v) is 25.2. The van der Waals surface area contributed by atoms with E-state index in [1.54, 1.807) is 46.6 Å². The molecular weight excluding hydrogens is 1550 g/mol. The number of Topliss-reactive ketones (excluding diaryl/α,β-unsaturated/α-hetero) is 3. The van der Waals surface area contributed by atoms with Crippen LogP contribution >= 0.6 is 0 Å². The molecule has 5 heterocycles. The lowest BCUT2D eigenvalue weighted by Gasteiger charge is -2.43. The largest absolute Gasteiger partial charge is 1.00 e. The van der Waals surface area contributed by atoms with Crippen LogP contribution in [-0.2, 0) is 24.0 Å². The molecule has 0 amide bonds. The van der Waals surface area contributed by atoms with Gasteiger partial charge in [0.15, 0.2) is 70.1 Å². The van der Waals surface area contributed by atoms with E-state index in [1.165, 1.54) is 34.0 Å². The summed E-state index contributed by atoms with van der Waals surface area (Å²) in [5.41, 5.74) is 9.75. The van der Waals surface area contributed by atoms with E-state index >= 15 is 0 Å². The van der Waals surface area contributed by atoms with Crippen LogP contribution in [0.15, 0.2) is 66.7 Å². The Morgan fingerprint density at radius 2 is 0.894 bits per heavy atom. The monoisotopic (exact) mass is 1640 g/mol. The summed E-state index contributed by atoms with van der Waals surface area (Å²) in [5.74, 6) is 6.49. The molecule has 0 saturated carbocycles. The van der Waals surface area contributed by atoms with Crippen LogP contribution < -0.4 is 129 Å². The second-order valence-electron chi connectivity index (χ2n) is 25.2. The maximum atomic E-state index is 13.4. The van der Waals surface area contributed by atoms with E-state index in [-0.39, 0.29) is 151 Å². The number of carbonyl (C=O) groups excluding carboxylic acids is 3. The van der Waals surface area contributed by atoms with Gasteiger partial charge in [-0.2, -0.15) is 0 Å². The van der Waals surface area contributed by atoms with Crippen LogP contribution in [0.3, 0.4) is 0 Å². The van der Waals surface area contributed by atoms with Crippen molar-refractivity contribution in [3.63, 3.8) is 0 Å². The lowest BCUT2D eigenvalue weighted by molar-refractivity contribution is -0.922. The predicted octanol–water partition coefficient (Wildman–Crippen LogP) is 1.44. The topological polar surface area (TPSA) is 212 Å². The van der Waals surface area contributed by atoms with Crippen molar-refractivity contribution < 1.29 is 172 Å². The molecule has 0 spiro atoms. The zero-order chi connectivity index (χ0) is 65.9. The highest BCUT2D eigenvalue weighted by Crippen LogP contribution is 2.54. The number of quaternary nitrogens is 3. The van der Waals surface area contributed by atoms with Crippen LogP contribution in [0.1, 0.15) is 113 Å². The molecule has 512 valence electrons. The third kappa shape index (κ3) is 15.8. The van der Waals surface area contributed by atoms with Gasteiger partial charge in [0.25, 0.3) is 0 Å². The van der Waals surface area contributed by atoms with Gasteiger partial charge >= 0.3 is 0 Å². The molecule has 2 N–H and O–H groups in total. The average Bonchev–Trinajstić information content (AvgIpc) is 1.11. The fourth-order valence-electron chi connectivity index (χ4n) is 13.2. The first-order chi connectivity index (χ1) is 43.4. The average molecular weight is 1640 g/mol. The molecule has 0 saturated heterocycles. The number of hydrogen-bond acceptors (Lipinski definition) is 18. The molecule has 3 atom stereocenters. The number of phenolic OH excluding ortho intramolecular Hbond substituents is 2. The lowest BCUT2D eigenvalue weighted by Crippen LogP contribution is -3.00. The summed E-state index contributed by atoms with van der Waals surface area (Å²) in [6.07, 6.45) is 3.40. The van der Waals surface area contributed by atoms with Crippen molar-refractivity contribution in [1.29, 1.82) is 0 Å². The van der Waals surface area contributed by atoms with E-state index < -0.39 is 0 Å². The molecule has 6 aromatic rings. The molecule has 0 bridgehead atoms. The van der Waals surface area contributed by atoms with Gasteiger partial charge in [0, 0.05) is 43.1 Å².